The van der Waals surface area contributed by atoms with E-state index in [9.17, 15) is 4.79 Å². The number of hydrogen-bond donors (Lipinski definition) is 0. The number of carbonyl (C=O) groups excluding carboxylic acids is 1. The number of likely N-dealkylation sites (N-methyl/N-ethyl adjacent to an activating group) is 1. The fourth-order valence-corrected chi connectivity index (χ4v) is 5.22. The second kappa shape index (κ2) is 15.4. The van der Waals surface area contributed by atoms with Gasteiger partial charge in [0.25, 0.3) is 0 Å². The number of nitrogens with zero attached hydrogens (tertiary/aromatic N) is 5. The summed E-state index contributed by atoms with van der Waals surface area (Å²) in [6.45, 7) is 3.54. The number of thioether (sulfide) groups is 1. The summed E-state index contributed by atoms with van der Waals surface area (Å²) in [5.41, 5.74) is 3.50. The Hall–Kier alpha value is -3.39. The van der Waals surface area contributed by atoms with Crippen molar-refractivity contribution in [2.45, 2.75) is 24.7 Å². The van der Waals surface area contributed by atoms with Gasteiger partial charge in [0.2, 0.25) is 5.91 Å². The molecule has 0 aliphatic rings. The minimum atomic E-state index is 0.0451. The van der Waals surface area contributed by atoms with E-state index in [4.69, 9.17) is 16.6 Å². The molecular formula is C32H36ClN5OS. The SMILES string of the molecule is CN(C)CCN(Cc1ccccc1)c1cc(Cl)nc(SCC(=O)N(CCc2ccccc2)Cc2ccccc2)n1. The molecule has 0 saturated heterocycles. The number of carbonyl (C=O) groups is 1. The van der Waals surface area contributed by atoms with Crippen molar-refractivity contribution in [3.8, 4) is 0 Å². The van der Waals surface area contributed by atoms with E-state index in [1.807, 2.05) is 59.5 Å². The van der Waals surface area contributed by atoms with Crippen LogP contribution in [0.2, 0.25) is 5.15 Å². The fourth-order valence-electron chi connectivity index (χ4n) is 4.23. The van der Waals surface area contributed by atoms with Gasteiger partial charge in [-0.05, 0) is 37.2 Å². The van der Waals surface area contributed by atoms with Crippen molar-refractivity contribution >= 4 is 35.1 Å². The van der Waals surface area contributed by atoms with E-state index in [0.29, 0.717) is 29.9 Å². The van der Waals surface area contributed by atoms with Crippen molar-refractivity contribution in [2.24, 2.45) is 0 Å². The summed E-state index contributed by atoms with van der Waals surface area (Å²) >= 11 is 7.80. The molecule has 1 amide bonds. The first-order chi connectivity index (χ1) is 19.5. The Morgan fingerprint density at radius 3 is 1.93 bits per heavy atom. The van der Waals surface area contributed by atoms with Gasteiger partial charge in [-0.15, -0.1) is 0 Å². The van der Waals surface area contributed by atoms with Gasteiger partial charge >= 0.3 is 0 Å². The Balaban J connectivity index is 1.46. The molecule has 1 aromatic heterocycles. The lowest BCUT2D eigenvalue weighted by Crippen LogP contribution is -2.34. The Bertz CT molecular complexity index is 1330. The average molecular weight is 574 g/mol. The van der Waals surface area contributed by atoms with Crippen LogP contribution >= 0.6 is 23.4 Å². The quantitative estimate of drug-likeness (QED) is 0.104. The highest BCUT2D eigenvalue weighted by Gasteiger charge is 2.18. The standard InChI is InChI=1S/C32H36ClN5OS/c1-36(2)20-21-37(23-27-14-8-4-9-15-27)30-22-29(33)34-32(35-30)40-25-31(39)38(24-28-16-10-5-11-17-28)19-18-26-12-6-3-7-13-26/h3-17,22H,18-21,23-25H2,1-2H3. The molecule has 3 aromatic carbocycles. The van der Waals surface area contributed by atoms with Gasteiger partial charge in [-0.1, -0.05) is 114 Å². The molecule has 0 unspecified atom stereocenters. The molecule has 0 atom stereocenters. The third-order valence-corrected chi connectivity index (χ3v) is 7.45. The summed E-state index contributed by atoms with van der Waals surface area (Å²) in [5.74, 6) is 1.03. The molecule has 6 nitrogen and oxygen atoms in total. The maximum Gasteiger partial charge on any atom is 0.233 e. The molecule has 0 saturated carbocycles. The molecule has 0 bridgehead atoms. The minimum absolute atomic E-state index is 0.0451. The van der Waals surface area contributed by atoms with Crippen molar-refractivity contribution in [1.82, 2.24) is 19.8 Å². The van der Waals surface area contributed by atoms with Gasteiger partial charge in [0.05, 0.1) is 5.75 Å². The van der Waals surface area contributed by atoms with E-state index in [2.05, 4.69) is 65.3 Å². The van der Waals surface area contributed by atoms with E-state index < -0.39 is 0 Å². The number of benzene rings is 3. The largest absolute Gasteiger partial charge is 0.351 e. The second-order valence-electron chi connectivity index (χ2n) is 9.87. The van der Waals surface area contributed by atoms with Crippen molar-refractivity contribution in [1.29, 1.82) is 0 Å². The van der Waals surface area contributed by atoms with Crippen molar-refractivity contribution in [3.63, 3.8) is 0 Å². The third kappa shape index (κ3) is 9.66. The zero-order valence-electron chi connectivity index (χ0n) is 23.1. The molecule has 0 N–H and O–H groups in total. The molecule has 4 rings (SSSR count). The van der Waals surface area contributed by atoms with Crippen LogP contribution in [0, 0.1) is 0 Å². The molecule has 8 heteroatoms. The summed E-state index contributed by atoms with van der Waals surface area (Å²) in [6.07, 6.45) is 0.794. The fraction of sp³-hybridized carbons (Fsp3) is 0.281. The van der Waals surface area contributed by atoms with E-state index in [1.54, 1.807) is 6.07 Å². The number of rotatable bonds is 14. The molecule has 40 heavy (non-hydrogen) atoms. The van der Waals surface area contributed by atoms with Crippen molar-refractivity contribution < 1.29 is 4.79 Å². The Labute approximate surface area is 247 Å². The smallest absolute Gasteiger partial charge is 0.233 e. The highest BCUT2D eigenvalue weighted by atomic mass is 35.5. The molecule has 0 aliphatic heterocycles. The third-order valence-electron chi connectivity index (χ3n) is 6.43. The first kappa shape index (κ1) is 29.6. The van der Waals surface area contributed by atoms with Crippen LogP contribution in [-0.4, -0.2) is 65.2 Å². The van der Waals surface area contributed by atoms with Crippen LogP contribution in [0.3, 0.4) is 0 Å². The lowest BCUT2D eigenvalue weighted by Gasteiger charge is -2.26. The van der Waals surface area contributed by atoms with E-state index in [0.717, 1.165) is 30.9 Å². The number of amides is 1. The van der Waals surface area contributed by atoms with Crippen LogP contribution in [0.15, 0.2) is 102 Å². The predicted octanol–water partition coefficient (Wildman–Crippen LogP) is 6.06. The number of halogens is 1. The molecule has 0 spiro atoms. The highest BCUT2D eigenvalue weighted by Crippen LogP contribution is 2.24. The molecule has 4 aromatic rings. The molecular weight excluding hydrogens is 538 g/mol. The van der Waals surface area contributed by atoms with Gasteiger partial charge in [0, 0.05) is 38.8 Å². The summed E-state index contributed by atoms with van der Waals surface area (Å²) in [7, 11) is 4.11. The number of anilines is 1. The Morgan fingerprint density at radius 2 is 1.32 bits per heavy atom. The summed E-state index contributed by atoms with van der Waals surface area (Å²) in [6, 6.07) is 32.5. The zero-order chi connectivity index (χ0) is 28.2. The molecule has 208 valence electrons. The first-order valence-electron chi connectivity index (χ1n) is 13.4. The molecule has 0 radical (unpaired) electrons. The van der Waals surface area contributed by atoms with Crippen LogP contribution in [0.4, 0.5) is 5.82 Å². The van der Waals surface area contributed by atoms with Crippen LogP contribution in [0.5, 0.6) is 0 Å². The van der Waals surface area contributed by atoms with Gasteiger partial charge in [0.15, 0.2) is 5.16 Å². The van der Waals surface area contributed by atoms with Gasteiger partial charge in [-0.3, -0.25) is 4.79 Å². The lowest BCUT2D eigenvalue weighted by molar-refractivity contribution is -0.128. The van der Waals surface area contributed by atoms with E-state index >= 15 is 0 Å². The average Bonchev–Trinajstić information content (AvgIpc) is 2.97. The topological polar surface area (TPSA) is 52.6 Å². The predicted molar refractivity (Wildman–Crippen MR) is 166 cm³/mol. The maximum absolute atomic E-state index is 13.5. The monoisotopic (exact) mass is 573 g/mol. The van der Waals surface area contributed by atoms with E-state index in [-0.39, 0.29) is 11.7 Å². The van der Waals surface area contributed by atoms with E-state index in [1.165, 1.54) is 22.9 Å². The lowest BCUT2D eigenvalue weighted by atomic mass is 10.1. The van der Waals surface area contributed by atoms with Crippen molar-refractivity contribution in [3.05, 3.63) is 119 Å². The summed E-state index contributed by atoms with van der Waals surface area (Å²) in [5, 5.41) is 0.870. The molecule has 0 aliphatic carbocycles. The highest BCUT2D eigenvalue weighted by molar-refractivity contribution is 7.99. The summed E-state index contributed by atoms with van der Waals surface area (Å²) < 4.78 is 0. The van der Waals surface area contributed by atoms with Gasteiger partial charge in [-0.25, -0.2) is 9.97 Å². The van der Waals surface area contributed by atoms with Crippen LogP contribution in [0.25, 0.3) is 0 Å². The van der Waals surface area contributed by atoms with Crippen LogP contribution in [0.1, 0.15) is 16.7 Å². The normalized spacial score (nSPS) is 11.0. The second-order valence-corrected chi connectivity index (χ2v) is 11.2. The van der Waals surface area contributed by atoms with Crippen LogP contribution in [-0.2, 0) is 24.3 Å². The Morgan fingerprint density at radius 1 is 0.750 bits per heavy atom. The summed E-state index contributed by atoms with van der Waals surface area (Å²) in [4.78, 5) is 29.0. The number of aromatic nitrogens is 2. The van der Waals surface area contributed by atoms with Crippen molar-refractivity contribution in [2.75, 3.05) is 44.4 Å². The molecule has 1 heterocycles. The number of hydrogen-bond acceptors (Lipinski definition) is 6. The van der Waals surface area contributed by atoms with Crippen LogP contribution < -0.4 is 4.90 Å². The maximum atomic E-state index is 13.5. The van der Waals surface area contributed by atoms with Gasteiger partial charge in [0.1, 0.15) is 11.0 Å². The Kier molecular flexibility index (Phi) is 11.4. The van der Waals surface area contributed by atoms with Gasteiger partial charge in [-0.2, -0.15) is 0 Å². The van der Waals surface area contributed by atoms with Gasteiger partial charge < -0.3 is 14.7 Å². The minimum Gasteiger partial charge on any atom is -0.351 e. The first-order valence-corrected chi connectivity index (χ1v) is 14.8. The molecule has 0 fully saturated rings. The zero-order valence-corrected chi connectivity index (χ0v) is 24.7.